The maximum Gasteiger partial charge on any atom is 0.0464 e. The molecular weight excluding hydrogens is 140 g/mol. The van der Waals surface area contributed by atoms with E-state index in [0.717, 1.165) is 19.3 Å². The largest absolute Gasteiger partial charge is 0.396 e. The average molecular weight is 156 g/mol. The van der Waals surface area contributed by atoms with E-state index >= 15 is 0 Å². The van der Waals surface area contributed by atoms with Crippen LogP contribution in [0.3, 0.4) is 0 Å². The lowest BCUT2D eigenvalue weighted by molar-refractivity contribution is 0.210. The van der Waals surface area contributed by atoms with Gasteiger partial charge in [-0.3, -0.25) is 0 Å². The van der Waals surface area contributed by atoms with E-state index < -0.39 is 0 Å². The monoisotopic (exact) mass is 156 g/mol. The molecule has 1 saturated carbocycles. The van der Waals surface area contributed by atoms with E-state index in [1.807, 2.05) is 6.08 Å². The molecule has 2 N–H and O–H groups in total. The van der Waals surface area contributed by atoms with Gasteiger partial charge in [-0.15, -0.1) is 6.58 Å². The number of rotatable bonds is 5. The molecule has 11 heavy (non-hydrogen) atoms. The highest BCUT2D eigenvalue weighted by atomic mass is 16.3. The molecule has 0 aliphatic heterocycles. The molecule has 0 heterocycles. The van der Waals surface area contributed by atoms with Gasteiger partial charge in [0.2, 0.25) is 0 Å². The predicted octanol–water partition coefficient (Wildman–Crippen LogP) is 0.944. The Balaban J connectivity index is 2.40. The number of allylic oxidation sites excluding steroid dienone is 1. The number of hydrogen-bond donors (Lipinski definition) is 2. The topological polar surface area (TPSA) is 40.5 Å². The SMILES string of the molecule is C=CC[C@]1(CCO)C[C@H]1CO. The Labute approximate surface area is 67.6 Å². The first-order valence-electron chi connectivity index (χ1n) is 4.11. The van der Waals surface area contributed by atoms with Gasteiger partial charge in [-0.2, -0.15) is 0 Å². The van der Waals surface area contributed by atoms with Crippen LogP contribution in [0.4, 0.5) is 0 Å². The summed E-state index contributed by atoms with van der Waals surface area (Å²) in [5.41, 5.74) is 0.200. The van der Waals surface area contributed by atoms with Crippen molar-refractivity contribution < 1.29 is 10.2 Å². The zero-order valence-corrected chi connectivity index (χ0v) is 6.79. The van der Waals surface area contributed by atoms with Gasteiger partial charge in [-0.25, -0.2) is 0 Å². The minimum atomic E-state index is 0.200. The van der Waals surface area contributed by atoms with Crippen molar-refractivity contribution in [2.75, 3.05) is 13.2 Å². The minimum absolute atomic E-state index is 0.200. The van der Waals surface area contributed by atoms with Crippen LogP contribution in [0.15, 0.2) is 12.7 Å². The van der Waals surface area contributed by atoms with E-state index in [0.29, 0.717) is 5.92 Å². The third-order valence-corrected chi connectivity index (χ3v) is 2.74. The maximum atomic E-state index is 8.88. The highest BCUT2D eigenvalue weighted by Crippen LogP contribution is 2.57. The van der Waals surface area contributed by atoms with Crippen LogP contribution in [0.5, 0.6) is 0 Å². The van der Waals surface area contributed by atoms with E-state index in [9.17, 15) is 0 Å². The predicted molar refractivity (Wildman–Crippen MR) is 44.1 cm³/mol. The molecule has 1 aliphatic rings. The molecule has 1 fully saturated rings. The molecule has 1 rings (SSSR count). The Bertz CT molecular complexity index is 144. The van der Waals surface area contributed by atoms with E-state index in [1.54, 1.807) is 0 Å². The molecule has 0 radical (unpaired) electrons. The van der Waals surface area contributed by atoms with Crippen molar-refractivity contribution in [1.29, 1.82) is 0 Å². The summed E-state index contributed by atoms with van der Waals surface area (Å²) in [6.45, 7) is 4.16. The number of aliphatic hydroxyl groups excluding tert-OH is 2. The van der Waals surface area contributed by atoms with Gasteiger partial charge in [-0.1, -0.05) is 6.08 Å². The fourth-order valence-corrected chi connectivity index (χ4v) is 1.86. The Morgan fingerprint density at radius 2 is 2.27 bits per heavy atom. The third-order valence-electron chi connectivity index (χ3n) is 2.74. The Hall–Kier alpha value is -0.340. The number of hydrogen-bond acceptors (Lipinski definition) is 2. The van der Waals surface area contributed by atoms with Crippen molar-refractivity contribution in [2.45, 2.75) is 19.3 Å². The second-order valence-corrected chi connectivity index (χ2v) is 3.41. The van der Waals surface area contributed by atoms with Crippen LogP contribution in [0.1, 0.15) is 19.3 Å². The molecule has 0 saturated heterocycles. The van der Waals surface area contributed by atoms with Gasteiger partial charge in [0, 0.05) is 13.2 Å². The average Bonchev–Trinajstić information content (AvgIpc) is 2.65. The fourth-order valence-electron chi connectivity index (χ4n) is 1.86. The van der Waals surface area contributed by atoms with Crippen LogP contribution in [0.2, 0.25) is 0 Å². The minimum Gasteiger partial charge on any atom is -0.396 e. The summed E-state index contributed by atoms with van der Waals surface area (Å²) in [6.07, 6.45) is 4.67. The van der Waals surface area contributed by atoms with Gasteiger partial charge in [0.15, 0.2) is 0 Å². The van der Waals surface area contributed by atoms with Gasteiger partial charge in [-0.05, 0) is 30.6 Å². The molecule has 0 spiro atoms. The summed E-state index contributed by atoms with van der Waals surface area (Å²) in [5.74, 6) is 0.410. The molecule has 0 aromatic rings. The van der Waals surface area contributed by atoms with Gasteiger partial charge in [0.1, 0.15) is 0 Å². The molecule has 0 aromatic heterocycles. The molecule has 64 valence electrons. The lowest BCUT2D eigenvalue weighted by atomic mass is 9.95. The van der Waals surface area contributed by atoms with Gasteiger partial charge < -0.3 is 10.2 Å². The normalized spacial score (nSPS) is 35.3. The van der Waals surface area contributed by atoms with Crippen LogP contribution in [0, 0.1) is 11.3 Å². The van der Waals surface area contributed by atoms with Crippen LogP contribution >= 0.6 is 0 Å². The molecular formula is C9H16O2. The van der Waals surface area contributed by atoms with Crippen LogP contribution in [0.25, 0.3) is 0 Å². The standard InChI is InChI=1S/C9H16O2/c1-2-3-9(4-5-10)6-8(9)7-11/h2,8,10-11H,1,3-7H2/t8-,9-/m0/s1. The van der Waals surface area contributed by atoms with Gasteiger partial charge in [0.25, 0.3) is 0 Å². The van der Waals surface area contributed by atoms with Crippen molar-refractivity contribution in [3.63, 3.8) is 0 Å². The Morgan fingerprint density at radius 1 is 1.55 bits per heavy atom. The second-order valence-electron chi connectivity index (χ2n) is 3.41. The summed E-state index contributed by atoms with van der Waals surface area (Å²) >= 11 is 0. The number of aliphatic hydroxyl groups is 2. The van der Waals surface area contributed by atoms with E-state index in [4.69, 9.17) is 10.2 Å². The zero-order valence-electron chi connectivity index (χ0n) is 6.79. The Kier molecular flexibility index (Phi) is 2.68. The highest BCUT2D eigenvalue weighted by molar-refractivity contribution is 5.04. The summed E-state index contributed by atoms with van der Waals surface area (Å²) in [5, 5.41) is 17.6. The molecule has 2 nitrogen and oxygen atoms in total. The first kappa shape index (κ1) is 8.75. The molecule has 0 aromatic carbocycles. The van der Waals surface area contributed by atoms with Crippen LogP contribution in [-0.2, 0) is 0 Å². The van der Waals surface area contributed by atoms with Gasteiger partial charge >= 0.3 is 0 Å². The lowest BCUT2D eigenvalue weighted by Gasteiger charge is -2.11. The summed E-state index contributed by atoms with van der Waals surface area (Å²) in [4.78, 5) is 0. The third kappa shape index (κ3) is 1.63. The lowest BCUT2D eigenvalue weighted by Crippen LogP contribution is -2.07. The first-order valence-corrected chi connectivity index (χ1v) is 4.11. The molecule has 2 atom stereocenters. The molecule has 0 bridgehead atoms. The van der Waals surface area contributed by atoms with Crippen LogP contribution in [-0.4, -0.2) is 23.4 Å². The maximum absolute atomic E-state index is 8.88. The van der Waals surface area contributed by atoms with E-state index in [2.05, 4.69) is 6.58 Å². The van der Waals surface area contributed by atoms with E-state index in [1.165, 1.54) is 0 Å². The molecule has 1 aliphatic carbocycles. The first-order chi connectivity index (χ1) is 5.29. The summed E-state index contributed by atoms with van der Waals surface area (Å²) in [7, 11) is 0. The van der Waals surface area contributed by atoms with Crippen molar-refractivity contribution in [3.8, 4) is 0 Å². The van der Waals surface area contributed by atoms with E-state index in [-0.39, 0.29) is 18.6 Å². The smallest absolute Gasteiger partial charge is 0.0464 e. The highest BCUT2D eigenvalue weighted by Gasteiger charge is 2.51. The summed E-state index contributed by atoms with van der Waals surface area (Å²) < 4.78 is 0. The molecule has 2 heteroatoms. The molecule has 0 unspecified atom stereocenters. The zero-order chi connectivity index (χ0) is 8.32. The summed E-state index contributed by atoms with van der Waals surface area (Å²) in [6, 6.07) is 0. The Morgan fingerprint density at radius 3 is 2.64 bits per heavy atom. The molecule has 0 amide bonds. The van der Waals surface area contributed by atoms with Crippen molar-refractivity contribution in [2.24, 2.45) is 11.3 Å². The van der Waals surface area contributed by atoms with Crippen molar-refractivity contribution in [3.05, 3.63) is 12.7 Å². The second kappa shape index (κ2) is 3.37. The van der Waals surface area contributed by atoms with Crippen LogP contribution < -0.4 is 0 Å². The van der Waals surface area contributed by atoms with Crippen molar-refractivity contribution >= 4 is 0 Å². The van der Waals surface area contributed by atoms with Crippen molar-refractivity contribution in [1.82, 2.24) is 0 Å². The van der Waals surface area contributed by atoms with Gasteiger partial charge in [0.05, 0.1) is 0 Å². The fraction of sp³-hybridized carbons (Fsp3) is 0.778. The quantitative estimate of drug-likeness (QED) is 0.582.